The summed E-state index contributed by atoms with van der Waals surface area (Å²) < 4.78 is 6.54. The Morgan fingerprint density at radius 2 is 2.22 bits per heavy atom. The van der Waals surface area contributed by atoms with E-state index in [1.165, 1.54) is 0 Å². The van der Waals surface area contributed by atoms with E-state index in [1.807, 2.05) is 32.0 Å². The molecular formula is C19H28BrIN4O2. The van der Waals surface area contributed by atoms with E-state index in [9.17, 15) is 4.79 Å². The molecule has 6 nitrogen and oxygen atoms in total. The fourth-order valence-electron chi connectivity index (χ4n) is 3.58. The molecular weight excluding hydrogens is 523 g/mol. The van der Waals surface area contributed by atoms with Crippen LogP contribution in [-0.4, -0.2) is 56.2 Å². The van der Waals surface area contributed by atoms with E-state index >= 15 is 0 Å². The number of ether oxygens (including phenoxy) is 1. The van der Waals surface area contributed by atoms with Gasteiger partial charge < -0.3 is 20.3 Å². The Hall–Kier alpha value is -0.870. The Morgan fingerprint density at radius 3 is 2.93 bits per heavy atom. The summed E-state index contributed by atoms with van der Waals surface area (Å²) in [6, 6.07) is 5.84. The molecule has 27 heavy (non-hydrogen) atoms. The summed E-state index contributed by atoms with van der Waals surface area (Å²) >= 11 is 3.44. The van der Waals surface area contributed by atoms with Crippen molar-refractivity contribution in [2.75, 3.05) is 44.7 Å². The monoisotopic (exact) mass is 550 g/mol. The second-order valence-corrected chi connectivity index (χ2v) is 8.07. The smallest absolute Gasteiger partial charge is 0.246 e. The van der Waals surface area contributed by atoms with E-state index in [2.05, 4.69) is 36.5 Å². The number of hydrogen-bond acceptors (Lipinski definition) is 3. The first-order valence-corrected chi connectivity index (χ1v) is 9.98. The zero-order valence-electron chi connectivity index (χ0n) is 15.9. The number of anilines is 1. The molecule has 2 aliphatic heterocycles. The summed E-state index contributed by atoms with van der Waals surface area (Å²) in [7, 11) is 0. The predicted molar refractivity (Wildman–Crippen MR) is 123 cm³/mol. The second kappa shape index (κ2) is 10.1. The van der Waals surface area contributed by atoms with Crippen molar-refractivity contribution in [3.05, 3.63) is 28.2 Å². The number of nitrogens with one attached hydrogen (secondary N) is 2. The molecule has 1 amide bonds. The largest absolute Gasteiger partial charge is 0.381 e. The van der Waals surface area contributed by atoms with Gasteiger partial charge in [0, 0.05) is 41.8 Å². The minimum Gasteiger partial charge on any atom is -0.381 e. The van der Waals surface area contributed by atoms with E-state index in [0.29, 0.717) is 0 Å². The summed E-state index contributed by atoms with van der Waals surface area (Å²) in [5, 5.41) is 6.26. The van der Waals surface area contributed by atoms with Gasteiger partial charge in [-0.25, -0.2) is 4.99 Å². The van der Waals surface area contributed by atoms with Crippen LogP contribution in [0.25, 0.3) is 0 Å². The highest BCUT2D eigenvalue weighted by molar-refractivity contribution is 14.0. The van der Waals surface area contributed by atoms with Gasteiger partial charge in [-0.3, -0.25) is 4.79 Å². The van der Waals surface area contributed by atoms with Gasteiger partial charge in [0.05, 0.1) is 6.61 Å². The lowest BCUT2D eigenvalue weighted by atomic mass is 9.87. The van der Waals surface area contributed by atoms with E-state index < -0.39 is 0 Å². The van der Waals surface area contributed by atoms with E-state index in [-0.39, 0.29) is 41.8 Å². The molecule has 2 heterocycles. The summed E-state index contributed by atoms with van der Waals surface area (Å²) in [5.41, 5.74) is 2.11. The minimum atomic E-state index is -0.111. The van der Waals surface area contributed by atoms with Gasteiger partial charge in [-0.15, -0.1) is 24.0 Å². The molecule has 2 fully saturated rings. The Labute approximate surface area is 186 Å². The highest BCUT2D eigenvalue weighted by Crippen LogP contribution is 2.38. The minimum absolute atomic E-state index is 0. The zero-order chi connectivity index (χ0) is 18.6. The van der Waals surface area contributed by atoms with Crippen LogP contribution in [-0.2, 0) is 9.53 Å². The maximum absolute atomic E-state index is 12.3. The van der Waals surface area contributed by atoms with Crippen LogP contribution in [0, 0.1) is 12.3 Å². The number of likely N-dealkylation sites (tertiary alicyclic amines) is 1. The van der Waals surface area contributed by atoms with Crippen LogP contribution in [0.5, 0.6) is 0 Å². The highest BCUT2D eigenvalue weighted by Gasteiger charge is 2.42. The molecule has 2 N–H and O–H groups in total. The van der Waals surface area contributed by atoms with E-state index in [4.69, 9.17) is 4.74 Å². The van der Waals surface area contributed by atoms with Crippen LogP contribution in [0.3, 0.4) is 0 Å². The van der Waals surface area contributed by atoms with Crippen LogP contribution in [0.2, 0.25) is 0 Å². The van der Waals surface area contributed by atoms with E-state index in [0.717, 1.165) is 67.4 Å². The zero-order valence-corrected chi connectivity index (χ0v) is 19.8. The number of nitrogens with zero attached hydrogens (tertiary/aromatic N) is 2. The first kappa shape index (κ1) is 22.4. The number of benzene rings is 1. The van der Waals surface area contributed by atoms with Gasteiger partial charge in [-0.1, -0.05) is 22.0 Å². The van der Waals surface area contributed by atoms with Gasteiger partial charge in [-0.2, -0.15) is 0 Å². The number of hydrogen-bond donors (Lipinski definition) is 2. The predicted octanol–water partition coefficient (Wildman–Crippen LogP) is 3.39. The third-order valence-corrected chi connectivity index (χ3v) is 5.60. The topological polar surface area (TPSA) is 66.0 Å². The molecule has 150 valence electrons. The highest BCUT2D eigenvalue weighted by atomic mass is 127. The molecule has 0 aliphatic carbocycles. The van der Waals surface area contributed by atoms with Gasteiger partial charge in [0.2, 0.25) is 5.91 Å². The standard InChI is InChI=1S/C19H27BrN4O2.HI/c1-3-21-18(24-8-6-19(12-24)7-9-26-13-19)22-11-17(25)23-16-10-15(20)5-4-14(16)2;/h4-5,10H,3,6-9,11-13H2,1-2H3,(H,21,22)(H,23,25);1H. The number of rotatable bonds is 4. The van der Waals surface area contributed by atoms with Crippen molar-refractivity contribution in [1.29, 1.82) is 0 Å². The van der Waals surface area contributed by atoms with Crippen molar-refractivity contribution in [3.8, 4) is 0 Å². The molecule has 8 heteroatoms. The average Bonchev–Trinajstić information content (AvgIpc) is 3.25. The number of aryl methyl sites for hydroxylation is 1. The van der Waals surface area contributed by atoms with Crippen molar-refractivity contribution in [2.24, 2.45) is 10.4 Å². The lowest BCUT2D eigenvalue weighted by Crippen LogP contribution is -2.42. The summed E-state index contributed by atoms with van der Waals surface area (Å²) in [5.74, 6) is 0.706. The van der Waals surface area contributed by atoms with Crippen molar-refractivity contribution in [3.63, 3.8) is 0 Å². The lowest BCUT2D eigenvalue weighted by molar-refractivity contribution is -0.114. The third kappa shape index (κ3) is 5.80. The maximum atomic E-state index is 12.3. The third-order valence-electron chi connectivity index (χ3n) is 5.10. The quantitative estimate of drug-likeness (QED) is 0.343. The van der Waals surface area contributed by atoms with Crippen LogP contribution in [0.4, 0.5) is 5.69 Å². The molecule has 1 atom stereocenters. The number of halogens is 2. The molecule has 1 unspecified atom stereocenters. The van der Waals surface area contributed by atoms with Gasteiger partial charge in [0.15, 0.2) is 5.96 Å². The number of carbonyl (C=O) groups excluding carboxylic acids is 1. The molecule has 2 saturated heterocycles. The van der Waals surface area contributed by atoms with E-state index in [1.54, 1.807) is 0 Å². The summed E-state index contributed by atoms with van der Waals surface area (Å²) in [6.07, 6.45) is 2.24. The van der Waals surface area contributed by atoms with Gasteiger partial charge in [0.25, 0.3) is 0 Å². The number of aliphatic imine (C=N–C) groups is 1. The van der Waals surface area contributed by atoms with Crippen LogP contribution >= 0.6 is 39.9 Å². The normalized spacial score (nSPS) is 22.0. The second-order valence-electron chi connectivity index (χ2n) is 7.15. The summed E-state index contributed by atoms with van der Waals surface area (Å²) in [4.78, 5) is 19.2. The molecule has 1 spiro atoms. The molecule has 0 saturated carbocycles. The Bertz CT molecular complexity index is 692. The molecule has 3 rings (SSSR count). The lowest BCUT2D eigenvalue weighted by Gasteiger charge is -2.24. The van der Waals surface area contributed by atoms with Gasteiger partial charge in [-0.05, 0) is 44.4 Å². The Morgan fingerprint density at radius 1 is 1.41 bits per heavy atom. The number of guanidine groups is 1. The van der Waals surface area contributed by atoms with Crippen LogP contribution in [0.15, 0.2) is 27.7 Å². The van der Waals surface area contributed by atoms with Crippen molar-refractivity contribution >= 4 is 57.5 Å². The fraction of sp³-hybridized carbons (Fsp3) is 0.579. The Kier molecular flexibility index (Phi) is 8.36. The molecule has 1 aromatic carbocycles. The van der Waals surface area contributed by atoms with Crippen molar-refractivity contribution in [2.45, 2.75) is 26.7 Å². The molecule has 0 aromatic heterocycles. The average molecular weight is 551 g/mol. The first-order chi connectivity index (χ1) is 12.5. The SMILES string of the molecule is CCNC(=NCC(=O)Nc1cc(Br)ccc1C)N1CCC2(CCOC2)C1.I. The summed E-state index contributed by atoms with van der Waals surface area (Å²) in [6.45, 7) is 8.52. The van der Waals surface area contributed by atoms with Gasteiger partial charge in [0.1, 0.15) is 6.54 Å². The van der Waals surface area contributed by atoms with Crippen LogP contribution in [0.1, 0.15) is 25.3 Å². The fourth-order valence-corrected chi connectivity index (χ4v) is 3.94. The van der Waals surface area contributed by atoms with Crippen LogP contribution < -0.4 is 10.6 Å². The molecule has 1 aromatic rings. The first-order valence-electron chi connectivity index (χ1n) is 9.18. The molecule has 0 radical (unpaired) electrons. The van der Waals surface area contributed by atoms with Crippen molar-refractivity contribution < 1.29 is 9.53 Å². The number of amides is 1. The maximum Gasteiger partial charge on any atom is 0.246 e. The Balaban J connectivity index is 0.00000261. The number of carbonyl (C=O) groups is 1. The van der Waals surface area contributed by atoms with Crippen molar-refractivity contribution in [1.82, 2.24) is 10.2 Å². The molecule has 0 bridgehead atoms. The van der Waals surface area contributed by atoms with Gasteiger partial charge >= 0.3 is 0 Å². The molecule has 2 aliphatic rings.